The smallest absolute Gasteiger partial charge is 0.356 e. The van der Waals surface area contributed by atoms with Gasteiger partial charge in [-0.25, -0.2) is 19.6 Å². The van der Waals surface area contributed by atoms with E-state index in [1.165, 1.54) is 21.4 Å². The molecule has 0 bridgehead atoms. The van der Waals surface area contributed by atoms with Crippen LogP contribution in [0.4, 0.5) is 0 Å². The van der Waals surface area contributed by atoms with Crippen molar-refractivity contribution in [3.8, 4) is 22.3 Å². The van der Waals surface area contributed by atoms with E-state index >= 15 is 0 Å². The summed E-state index contributed by atoms with van der Waals surface area (Å²) in [5.41, 5.74) is 6.41. The van der Waals surface area contributed by atoms with E-state index in [4.69, 9.17) is 9.84 Å². The summed E-state index contributed by atoms with van der Waals surface area (Å²) in [7, 11) is 3.41. The number of aryl methyl sites for hydroxylation is 4. The van der Waals surface area contributed by atoms with Gasteiger partial charge < -0.3 is 19.0 Å². The Labute approximate surface area is 251 Å². The number of aromatic carboxylic acids is 1. The maximum atomic E-state index is 12.0. The maximum Gasteiger partial charge on any atom is 0.356 e. The number of hydrogen-bond donors (Lipinski definition) is 1. The predicted molar refractivity (Wildman–Crippen MR) is 164 cm³/mol. The van der Waals surface area contributed by atoms with Crippen LogP contribution < -0.4 is 11.1 Å². The Balaban J connectivity index is 0.000000175. The topological polar surface area (TPSA) is 142 Å². The van der Waals surface area contributed by atoms with Crippen LogP contribution in [0.15, 0.2) is 83.2 Å². The van der Waals surface area contributed by atoms with Gasteiger partial charge in [-0.05, 0) is 79.4 Å². The molecule has 224 valence electrons. The number of imidazole rings is 2. The number of carboxylic acids is 1. The largest absolute Gasteiger partial charge is 0.477 e. The molecule has 0 aromatic carbocycles. The van der Waals surface area contributed by atoms with E-state index in [2.05, 4.69) is 9.97 Å². The van der Waals surface area contributed by atoms with E-state index in [0.29, 0.717) is 34.7 Å². The normalized spacial score (nSPS) is 10.9. The second-order valence-corrected chi connectivity index (χ2v) is 10.3. The molecular formula is C32H30N6O6. The van der Waals surface area contributed by atoms with E-state index in [9.17, 15) is 19.2 Å². The molecule has 12 nitrogen and oxygen atoms in total. The molecule has 0 aliphatic rings. The molecule has 0 aliphatic heterocycles. The van der Waals surface area contributed by atoms with Gasteiger partial charge in [-0.2, -0.15) is 0 Å². The summed E-state index contributed by atoms with van der Waals surface area (Å²) >= 11 is 0. The number of carbonyl (C=O) groups excluding carboxylic acids is 1. The minimum atomic E-state index is -1.03. The van der Waals surface area contributed by atoms with E-state index in [0.717, 1.165) is 22.3 Å². The Kier molecular flexibility index (Phi) is 7.99. The Hall–Kier alpha value is -5.78. The van der Waals surface area contributed by atoms with Crippen molar-refractivity contribution in [3.63, 3.8) is 0 Å². The molecule has 0 fully saturated rings. The van der Waals surface area contributed by atoms with Gasteiger partial charge in [0.05, 0.1) is 19.0 Å². The molecule has 12 heteroatoms. The lowest BCUT2D eigenvalue weighted by Gasteiger charge is -2.08. The Morgan fingerprint density at radius 1 is 0.727 bits per heavy atom. The first kappa shape index (κ1) is 29.7. The number of carbonyl (C=O) groups is 2. The van der Waals surface area contributed by atoms with Gasteiger partial charge in [0.2, 0.25) is 0 Å². The van der Waals surface area contributed by atoms with Crippen LogP contribution in [-0.2, 0) is 18.8 Å². The molecule has 0 amide bonds. The zero-order chi connectivity index (χ0) is 31.7. The highest BCUT2D eigenvalue weighted by Gasteiger charge is 2.14. The molecule has 1 N–H and O–H groups in total. The van der Waals surface area contributed by atoms with Crippen LogP contribution in [0.25, 0.3) is 33.5 Å². The molecule has 0 atom stereocenters. The number of aromatic nitrogens is 6. The number of rotatable bonds is 5. The summed E-state index contributed by atoms with van der Waals surface area (Å²) in [5.74, 6) is -1.44. The van der Waals surface area contributed by atoms with Crippen LogP contribution in [0.2, 0.25) is 0 Å². The average Bonchev–Trinajstić information content (AvgIpc) is 3.62. The van der Waals surface area contributed by atoms with Gasteiger partial charge in [0, 0.05) is 50.0 Å². The molecule has 6 aromatic heterocycles. The first-order valence-corrected chi connectivity index (χ1v) is 13.7. The van der Waals surface area contributed by atoms with Crippen molar-refractivity contribution < 1.29 is 19.4 Å². The Morgan fingerprint density at radius 3 is 1.61 bits per heavy atom. The lowest BCUT2D eigenvalue weighted by atomic mass is 10.1. The Bertz CT molecular complexity index is 2130. The van der Waals surface area contributed by atoms with Gasteiger partial charge in [0.25, 0.3) is 11.1 Å². The summed E-state index contributed by atoms with van der Waals surface area (Å²) in [5, 5.41) is 9.15. The van der Waals surface area contributed by atoms with E-state index in [1.807, 2.05) is 30.5 Å². The highest BCUT2D eigenvalue weighted by Crippen LogP contribution is 2.22. The van der Waals surface area contributed by atoms with Crippen molar-refractivity contribution in [2.24, 2.45) is 14.1 Å². The molecule has 6 rings (SSSR count). The highest BCUT2D eigenvalue weighted by molar-refractivity contribution is 5.89. The SMILES string of the molecule is CCOC(=O)c1cnc2ccc(-c3cc(C)c(=O)n(C)c3)cn12.Cc1cc(-c2ccc3ncc(C(=O)O)n3c2)cn(C)c1=O. The highest BCUT2D eigenvalue weighted by atomic mass is 16.5. The van der Waals surface area contributed by atoms with Gasteiger partial charge in [-0.3, -0.25) is 18.4 Å². The number of pyridine rings is 4. The second-order valence-electron chi connectivity index (χ2n) is 10.3. The molecule has 0 aliphatic carbocycles. The van der Waals surface area contributed by atoms with E-state index in [1.54, 1.807) is 74.6 Å². The first-order chi connectivity index (χ1) is 21.0. The third kappa shape index (κ3) is 5.64. The van der Waals surface area contributed by atoms with Crippen LogP contribution in [0.5, 0.6) is 0 Å². The van der Waals surface area contributed by atoms with Crippen LogP contribution in [0.3, 0.4) is 0 Å². The molecule has 6 aromatic rings. The van der Waals surface area contributed by atoms with Gasteiger partial charge in [-0.15, -0.1) is 0 Å². The van der Waals surface area contributed by atoms with Crippen molar-refractivity contribution in [2.45, 2.75) is 20.8 Å². The van der Waals surface area contributed by atoms with Crippen molar-refractivity contribution in [1.29, 1.82) is 0 Å². The first-order valence-electron chi connectivity index (χ1n) is 13.7. The van der Waals surface area contributed by atoms with Gasteiger partial charge in [0.15, 0.2) is 11.4 Å². The lowest BCUT2D eigenvalue weighted by Crippen LogP contribution is -2.18. The molecule has 0 saturated carbocycles. The fourth-order valence-electron chi connectivity index (χ4n) is 4.89. The number of hydrogen-bond acceptors (Lipinski definition) is 7. The lowest BCUT2D eigenvalue weighted by molar-refractivity contribution is 0.0517. The minimum absolute atomic E-state index is 0.0235. The van der Waals surface area contributed by atoms with Gasteiger partial charge in [-0.1, -0.05) is 0 Å². The third-order valence-electron chi connectivity index (χ3n) is 7.11. The number of fused-ring (bicyclic) bond motifs is 2. The Morgan fingerprint density at radius 2 is 1.18 bits per heavy atom. The van der Waals surface area contributed by atoms with E-state index in [-0.39, 0.29) is 16.8 Å². The molecule has 6 heterocycles. The molecular weight excluding hydrogens is 564 g/mol. The van der Waals surface area contributed by atoms with Crippen LogP contribution >= 0.6 is 0 Å². The van der Waals surface area contributed by atoms with Crippen LogP contribution in [-0.4, -0.2) is 51.6 Å². The summed E-state index contributed by atoms with van der Waals surface area (Å²) in [6.45, 7) is 5.61. The summed E-state index contributed by atoms with van der Waals surface area (Å²) in [4.78, 5) is 55.0. The predicted octanol–water partition coefficient (Wildman–Crippen LogP) is 3.89. The zero-order valence-electron chi connectivity index (χ0n) is 24.8. The molecule has 0 saturated heterocycles. The standard InChI is InChI=1S/C17H17N3O3.C15H13N3O3/c1-4-23-17(22)14-8-18-15-6-5-12(10-20(14)15)13-7-11(2)16(21)19(3)9-13;1-9-5-11(7-17(2)14(9)19)10-3-4-13-16-6-12(15(20)21)18(13)8-10/h5-10H,4H2,1-3H3;3-8H,1-2H3,(H,20,21). The average molecular weight is 595 g/mol. The fourth-order valence-corrected chi connectivity index (χ4v) is 4.89. The summed E-state index contributed by atoms with van der Waals surface area (Å²) < 4.78 is 11.3. The molecule has 44 heavy (non-hydrogen) atoms. The summed E-state index contributed by atoms with van der Waals surface area (Å²) in [6, 6.07) is 11.0. The molecule has 0 spiro atoms. The van der Waals surface area contributed by atoms with Crippen molar-refractivity contribution >= 4 is 23.2 Å². The number of nitrogens with zero attached hydrogens (tertiary/aromatic N) is 6. The van der Waals surface area contributed by atoms with Crippen molar-refractivity contribution in [1.82, 2.24) is 27.9 Å². The van der Waals surface area contributed by atoms with Crippen LogP contribution in [0.1, 0.15) is 39.0 Å². The maximum absolute atomic E-state index is 12.0. The number of esters is 1. The number of carboxylic acid groups (broad SMARTS) is 1. The fraction of sp³-hybridized carbons (Fsp3) is 0.188. The van der Waals surface area contributed by atoms with E-state index < -0.39 is 11.9 Å². The minimum Gasteiger partial charge on any atom is -0.477 e. The third-order valence-corrected chi connectivity index (χ3v) is 7.11. The number of ether oxygens (including phenoxy) is 1. The van der Waals surface area contributed by atoms with Gasteiger partial charge in [0.1, 0.15) is 11.3 Å². The van der Waals surface area contributed by atoms with Crippen molar-refractivity contribution in [2.75, 3.05) is 6.61 Å². The second kappa shape index (κ2) is 11.8. The zero-order valence-corrected chi connectivity index (χ0v) is 24.8. The summed E-state index contributed by atoms with van der Waals surface area (Å²) in [6.07, 6.45) is 9.88. The van der Waals surface area contributed by atoms with Crippen molar-refractivity contribution in [3.05, 3.63) is 117 Å². The molecule has 0 radical (unpaired) electrons. The quantitative estimate of drug-likeness (QED) is 0.296. The molecule has 0 unspecified atom stereocenters. The van der Waals surface area contributed by atoms with Crippen LogP contribution in [0, 0.1) is 13.8 Å². The van der Waals surface area contributed by atoms with Gasteiger partial charge >= 0.3 is 11.9 Å². The monoisotopic (exact) mass is 594 g/mol.